The van der Waals surface area contributed by atoms with Crippen LogP contribution in [0.2, 0.25) is 0 Å². The van der Waals surface area contributed by atoms with Crippen LogP contribution in [0.3, 0.4) is 0 Å². The number of esters is 1. The summed E-state index contributed by atoms with van der Waals surface area (Å²) in [6.07, 6.45) is 3.73. The minimum Gasteiger partial charge on any atom is -0.469 e. The fourth-order valence-corrected chi connectivity index (χ4v) is 3.65. The van der Waals surface area contributed by atoms with Gasteiger partial charge in [0.2, 0.25) is 0 Å². The lowest BCUT2D eigenvalue weighted by molar-refractivity contribution is -0.146. The molecule has 3 heteroatoms. The molecule has 0 N–H and O–H groups in total. The highest BCUT2D eigenvalue weighted by molar-refractivity contribution is 5.98. The molecule has 0 aromatic heterocycles. The number of ketones is 1. The largest absolute Gasteiger partial charge is 0.469 e. The molecule has 0 saturated heterocycles. The molecule has 3 nitrogen and oxygen atoms in total. The minimum absolute atomic E-state index is 0.0769. The number of hydrogen-bond acceptors (Lipinski definition) is 3. The Morgan fingerprint density at radius 1 is 1.32 bits per heavy atom. The van der Waals surface area contributed by atoms with Gasteiger partial charge in [-0.05, 0) is 49.5 Å². The van der Waals surface area contributed by atoms with Crippen molar-refractivity contribution in [1.82, 2.24) is 0 Å². The molecule has 1 saturated carbocycles. The van der Waals surface area contributed by atoms with Crippen LogP contribution in [-0.2, 0) is 14.3 Å². The Morgan fingerprint density at radius 3 is 2.63 bits per heavy atom. The number of Topliss-reactive ketones (excluding diaryl/α,β-unsaturated/α-hetero) is 1. The van der Waals surface area contributed by atoms with Crippen molar-refractivity contribution in [1.29, 1.82) is 0 Å². The Hall–Kier alpha value is -1.12. The molecular weight excluding hydrogens is 240 g/mol. The van der Waals surface area contributed by atoms with Crippen molar-refractivity contribution in [2.45, 2.75) is 46.5 Å². The second-order valence-electron chi connectivity index (χ2n) is 6.21. The molecule has 0 radical (unpaired) electrons. The van der Waals surface area contributed by atoms with E-state index >= 15 is 0 Å². The predicted molar refractivity (Wildman–Crippen MR) is 73.5 cm³/mol. The smallest absolute Gasteiger partial charge is 0.308 e. The van der Waals surface area contributed by atoms with Crippen molar-refractivity contribution >= 4 is 11.8 Å². The number of hydrogen-bond donors (Lipinski definition) is 0. The van der Waals surface area contributed by atoms with Crippen LogP contribution < -0.4 is 0 Å². The summed E-state index contributed by atoms with van der Waals surface area (Å²) in [5, 5.41) is 0. The SMILES string of the molecule is COC(=O)[C@H](C)[C@@H]1CC[C@@H](C)[C@H]2CC(=O)C(C)=C2C1. The van der Waals surface area contributed by atoms with E-state index in [-0.39, 0.29) is 11.9 Å². The Labute approximate surface area is 115 Å². The highest BCUT2D eigenvalue weighted by atomic mass is 16.5. The van der Waals surface area contributed by atoms with Crippen LogP contribution in [0.25, 0.3) is 0 Å². The van der Waals surface area contributed by atoms with Gasteiger partial charge >= 0.3 is 5.97 Å². The van der Waals surface area contributed by atoms with Crippen molar-refractivity contribution in [3.8, 4) is 0 Å². The number of methoxy groups -OCH3 is 1. The molecule has 0 spiro atoms. The van der Waals surface area contributed by atoms with E-state index in [9.17, 15) is 9.59 Å². The topological polar surface area (TPSA) is 43.4 Å². The molecule has 0 unspecified atom stereocenters. The third kappa shape index (κ3) is 2.60. The molecule has 2 rings (SSSR count). The van der Waals surface area contributed by atoms with E-state index in [4.69, 9.17) is 4.74 Å². The van der Waals surface area contributed by atoms with Crippen LogP contribution in [0, 0.1) is 23.7 Å². The lowest BCUT2D eigenvalue weighted by Gasteiger charge is -2.21. The average molecular weight is 264 g/mol. The Balaban J connectivity index is 2.23. The van der Waals surface area contributed by atoms with Crippen molar-refractivity contribution in [3.05, 3.63) is 11.1 Å². The Morgan fingerprint density at radius 2 is 2.00 bits per heavy atom. The molecule has 2 aliphatic carbocycles. The van der Waals surface area contributed by atoms with Gasteiger partial charge in [-0.3, -0.25) is 9.59 Å². The Kier molecular flexibility index (Phi) is 4.12. The maximum atomic E-state index is 11.9. The van der Waals surface area contributed by atoms with Crippen LogP contribution in [-0.4, -0.2) is 18.9 Å². The molecule has 0 aromatic rings. The maximum absolute atomic E-state index is 11.9. The lowest BCUT2D eigenvalue weighted by atomic mass is 9.84. The summed E-state index contributed by atoms with van der Waals surface area (Å²) in [5.74, 6) is 1.38. The molecule has 0 heterocycles. The zero-order valence-electron chi connectivity index (χ0n) is 12.4. The van der Waals surface area contributed by atoms with Gasteiger partial charge in [0, 0.05) is 6.42 Å². The number of fused-ring (bicyclic) bond motifs is 1. The van der Waals surface area contributed by atoms with Gasteiger partial charge < -0.3 is 4.74 Å². The summed E-state index contributed by atoms with van der Waals surface area (Å²) in [5.41, 5.74) is 2.27. The summed E-state index contributed by atoms with van der Waals surface area (Å²) in [7, 11) is 1.45. The second kappa shape index (κ2) is 5.48. The zero-order chi connectivity index (χ0) is 14.2. The van der Waals surface area contributed by atoms with E-state index in [1.165, 1.54) is 12.7 Å². The number of ether oxygens (including phenoxy) is 1. The molecule has 1 fully saturated rings. The first-order valence-electron chi connectivity index (χ1n) is 7.26. The maximum Gasteiger partial charge on any atom is 0.308 e. The van der Waals surface area contributed by atoms with Gasteiger partial charge in [-0.2, -0.15) is 0 Å². The van der Waals surface area contributed by atoms with Crippen molar-refractivity contribution < 1.29 is 14.3 Å². The highest BCUT2D eigenvalue weighted by Gasteiger charge is 2.39. The van der Waals surface area contributed by atoms with Gasteiger partial charge in [0.15, 0.2) is 5.78 Å². The first kappa shape index (κ1) is 14.3. The van der Waals surface area contributed by atoms with Gasteiger partial charge in [-0.1, -0.05) is 19.4 Å². The predicted octanol–water partition coefficient (Wildman–Crippen LogP) is 3.14. The number of rotatable bonds is 2. The van der Waals surface area contributed by atoms with Crippen molar-refractivity contribution in [2.75, 3.05) is 7.11 Å². The van der Waals surface area contributed by atoms with E-state index in [1.807, 2.05) is 13.8 Å². The van der Waals surface area contributed by atoms with E-state index in [0.717, 1.165) is 24.8 Å². The summed E-state index contributed by atoms with van der Waals surface area (Å²) in [4.78, 5) is 23.7. The number of allylic oxidation sites excluding steroid dienone is 2. The minimum atomic E-state index is -0.126. The molecule has 0 aliphatic heterocycles. The van der Waals surface area contributed by atoms with Crippen molar-refractivity contribution in [2.24, 2.45) is 23.7 Å². The number of carbonyl (C=O) groups is 2. The molecule has 19 heavy (non-hydrogen) atoms. The molecule has 4 atom stereocenters. The highest BCUT2D eigenvalue weighted by Crippen LogP contribution is 2.45. The van der Waals surface area contributed by atoms with Crippen LogP contribution in [0.5, 0.6) is 0 Å². The third-order valence-electron chi connectivity index (χ3n) is 5.19. The van der Waals surface area contributed by atoms with E-state index in [2.05, 4.69) is 6.92 Å². The normalized spacial score (nSPS) is 32.8. The molecular formula is C16H24O3. The summed E-state index contributed by atoms with van der Waals surface area (Å²) in [6.45, 7) is 6.14. The summed E-state index contributed by atoms with van der Waals surface area (Å²) in [6, 6.07) is 0. The number of carbonyl (C=O) groups excluding carboxylic acids is 2. The molecule has 0 aromatic carbocycles. The van der Waals surface area contributed by atoms with E-state index in [0.29, 0.717) is 30.0 Å². The fourth-order valence-electron chi connectivity index (χ4n) is 3.65. The van der Waals surface area contributed by atoms with Crippen LogP contribution >= 0.6 is 0 Å². The monoisotopic (exact) mass is 264 g/mol. The summed E-state index contributed by atoms with van der Waals surface area (Å²) >= 11 is 0. The molecule has 106 valence electrons. The average Bonchev–Trinajstić information content (AvgIpc) is 2.59. The Bertz CT molecular complexity index is 422. The fraction of sp³-hybridized carbons (Fsp3) is 0.750. The van der Waals surface area contributed by atoms with Gasteiger partial charge in [0.25, 0.3) is 0 Å². The second-order valence-corrected chi connectivity index (χ2v) is 6.21. The van der Waals surface area contributed by atoms with Crippen LogP contribution in [0.4, 0.5) is 0 Å². The van der Waals surface area contributed by atoms with Gasteiger partial charge in [0.1, 0.15) is 0 Å². The molecule has 0 amide bonds. The quantitative estimate of drug-likeness (QED) is 0.720. The summed E-state index contributed by atoms with van der Waals surface area (Å²) < 4.78 is 4.87. The zero-order valence-corrected chi connectivity index (χ0v) is 12.4. The third-order valence-corrected chi connectivity index (χ3v) is 5.19. The van der Waals surface area contributed by atoms with Crippen molar-refractivity contribution in [3.63, 3.8) is 0 Å². The standard InChI is InChI=1S/C16H24O3/c1-9-5-6-12(10(2)16(18)19-4)7-14-11(3)15(17)8-13(9)14/h9-10,12-13H,5-8H2,1-4H3/t9-,10-,12-,13-/m1/s1. The van der Waals surface area contributed by atoms with Crippen LogP contribution in [0.1, 0.15) is 46.5 Å². The molecule has 0 bridgehead atoms. The van der Waals surface area contributed by atoms with E-state index in [1.54, 1.807) is 0 Å². The van der Waals surface area contributed by atoms with Gasteiger partial charge in [-0.15, -0.1) is 0 Å². The first-order chi connectivity index (χ1) is 8.95. The van der Waals surface area contributed by atoms with Gasteiger partial charge in [0.05, 0.1) is 13.0 Å². The van der Waals surface area contributed by atoms with E-state index < -0.39 is 0 Å². The molecule has 2 aliphatic rings. The van der Waals surface area contributed by atoms with Crippen LogP contribution in [0.15, 0.2) is 11.1 Å². The van der Waals surface area contributed by atoms with Gasteiger partial charge in [-0.25, -0.2) is 0 Å². The first-order valence-corrected chi connectivity index (χ1v) is 7.26. The lowest BCUT2D eigenvalue weighted by Crippen LogP contribution is -2.22.